The number of aromatic nitrogens is 1. The third-order valence-electron chi connectivity index (χ3n) is 5.92. The molecule has 6 heteroatoms. The molecule has 0 aliphatic carbocycles. The van der Waals surface area contributed by atoms with Crippen molar-refractivity contribution in [1.29, 1.82) is 0 Å². The summed E-state index contributed by atoms with van der Waals surface area (Å²) in [6.07, 6.45) is 5.49. The number of rotatable bonds is 4. The molecular weight excluding hydrogens is 354 g/mol. The Kier molecular flexibility index (Phi) is 5.57. The van der Waals surface area contributed by atoms with Crippen LogP contribution in [0, 0.1) is 12.8 Å². The Bertz CT molecular complexity index is 888. The number of hydrogen-bond donors (Lipinski definition) is 1. The number of pyridine rings is 1. The Hall–Kier alpha value is -2.47. The number of aryl methyl sites for hydroxylation is 1. The summed E-state index contributed by atoms with van der Waals surface area (Å²) in [4.78, 5) is 31.8. The van der Waals surface area contributed by atoms with Crippen molar-refractivity contribution >= 4 is 5.91 Å². The van der Waals surface area contributed by atoms with Crippen molar-refractivity contribution in [1.82, 2.24) is 15.2 Å². The van der Waals surface area contributed by atoms with Gasteiger partial charge in [-0.3, -0.25) is 9.78 Å². The van der Waals surface area contributed by atoms with Gasteiger partial charge in [0, 0.05) is 30.9 Å². The lowest BCUT2D eigenvalue weighted by molar-refractivity contribution is 0.0781. The molecule has 0 bridgehead atoms. The van der Waals surface area contributed by atoms with Crippen LogP contribution in [0.15, 0.2) is 39.7 Å². The number of piperidine rings is 1. The summed E-state index contributed by atoms with van der Waals surface area (Å²) in [5, 5.41) is 3.32. The van der Waals surface area contributed by atoms with E-state index in [4.69, 9.17) is 4.42 Å². The second kappa shape index (κ2) is 8.27. The number of nitrogens with zero attached hydrogens (tertiary/aromatic N) is 2. The highest BCUT2D eigenvalue weighted by Gasteiger charge is 2.30. The zero-order valence-electron chi connectivity index (χ0n) is 16.3. The van der Waals surface area contributed by atoms with Crippen LogP contribution >= 0.6 is 0 Å². The zero-order valence-corrected chi connectivity index (χ0v) is 16.3. The molecule has 2 aliphatic heterocycles. The maximum atomic E-state index is 13.0. The Morgan fingerprint density at radius 3 is 2.82 bits per heavy atom. The van der Waals surface area contributed by atoms with E-state index in [2.05, 4.69) is 10.3 Å². The summed E-state index contributed by atoms with van der Waals surface area (Å²) in [5.41, 5.74) is 1.47. The number of carbonyl (C=O) groups is 1. The van der Waals surface area contributed by atoms with Crippen molar-refractivity contribution < 1.29 is 9.21 Å². The van der Waals surface area contributed by atoms with Crippen LogP contribution in [0.1, 0.15) is 52.6 Å². The van der Waals surface area contributed by atoms with Gasteiger partial charge in [-0.2, -0.15) is 0 Å². The summed E-state index contributed by atoms with van der Waals surface area (Å²) in [5.74, 6) is 1.15. The fourth-order valence-electron chi connectivity index (χ4n) is 4.35. The van der Waals surface area contributed by atoms with E-state index in [-0.39, 0.29) is 17.4 Å². The topological polar surface area (TPSA) is 75.4 Å². The highest BCUT2D eigenvalue weighted by atomic mass is 16.4. The van der Waals surface area contributed by atoms with E-state index >= 15 is 0 Å². The second-order valence-corrected chi connectivity index (χ2v) is 7.95. The fraction of sp³-hybridized carbons (Fsp3) is 0.500. The van der Waals surface area contributed by atoms with Crippen LogP contribution in [0.3, 0.4) is 0 Å². The van der Waals surface area contributed by atoms with Gasteiger partial charge in [0.2, 0.25) is 0 Å². The van der Waals surface area contributed by atoms with Gasteiger partial charge in [0.25, 0.3) is 5.91 Å². The molecule has 1 N–H and O–H groups in total. The molecule has 2 aromatic rings. The molecule has 148 valence electrons. The Labute approximate surface area is 165 Å². The van der Waals surface area contributed by atoms with E-state index in [1.54, 1.807) is 11.1 Å². The average Bonchev–Trinajstić information content (AvgIpc) is 3.17. The van der Waals surface area contributed by atoms with Gasteiger partial charge in [-0.25, -0.2) is 4.79 Å². The predicted octanol–water partition coefficient (Wildman–Crippen LogP) is 2.52. The smallest absolute Gasteiger partial charge is 0.349 e. The molecule has 1 amide bonds. The van der Waals surface area contributed by atoms with Gasteiger partial charge in [-0.1, -0.05) is 6.07 Å². The van der Waals surface area contributed by atoms with E-state index in [0.29, 0.717) is 19.0 Å². The van der Waals surface area contributed by atoms with Crippen LogP contribution in [-0.4, -0.2) is 42.0 Å². The minimum absolute atomic E-state index is 0.191. The summed E-state index contributed by atoms with van der Waals surface area (Å²) in [6, 6.07) is 7.80. The highest BCUT2D eigenvalue weighted by Crippen LogP contribution is 2.27. The highest BCUT2D eigenvalue weighted by molar-refractivity contribution is 5.95. The standard InChI is InChI=1S/C22H27N3O3/c1-15-12-19(17-5-9-23-10-6-17)28-22(27)20(15)21(26)25-11-7-16(14-25)13-18-4-2-3-8-24-18/h2-4,8,12,16-17,23H,5-7,9-11,13-14H2,1H3. The maximum Gasteiger partial charge on any atom is 0.349 e. The molecule has 6 nitrogen and oxygen atoms in total. The van der Waals surface area contributed by atoms with Crippen LogP contribution in [0.4, 0.5) is 0 Å². The molecule has 0 aromatic carbocycles. The van der Waals surface area contributed by atoms with E-state index in [1.807, 2.05) is 31.2 Å². The van der Waals surface area contributed by atoms with Crippen LogP contribution in [0.5, 0.6) is 0 Å². The first kappa shape index (κ1) is 18.9. The van der Waals surface area contributed by atoms with Crippen LogP contribution in [0.2, 0.25) is 0 Å². The van der Waals surface area contributed by atoms with Crippen LogP contribution in [-0.2, 0) is 6.42 Å². The number of amides is 1. The van der Waals surface area contributed by atoms with E-state index in [0.717, 1.165) is 55.8 Å². The Morgan fingerprint density at radius 2 is 2.11 bits per heavy atom. The third-order valence-corrected chi connectivity index (χ3v) is 5.92. The monoisotopic (exact) mass is 381 g/mol. The molecule has 4 heterocycles. The minimum Gasteiger partial charge on any atom is -0.427 e. The third kappa shape index (κ3) is 4.02. The molecule has 2 saturated heterocycles. The fourth-order valence-corrected chi connectivity index (χ4v) is 4.35. The molecule has 28 heavy (non-hydrogen) atoms. The van der Waals surface area contributed by atoms with Crippen molar-refractivity contribution in [2.24, 2.45) is 5.92 Å². The molecule has 0 radical (unpaired) electrons. The zero-order chi connectivity index (χ0) is 19.5. The van der Waals surface area contributed by atoms with Gasteiger partial charge in [0.05, 0.1) is 0 Å². The van der Waals surface area contributed by atoms with Crippen molar-refractivity contribution in [3.63, 3.8) is 0 Å². The minimum atomic E-state index is -0.494. The van der Waals surface area contributed by atoms with Crippen molar-refractivity contribution in [2.45, 2.75) is 38.5 Å². The lowest BCUT2D eigenvalue weighted by Crippen LogP contribution is -2.34. The lowest BCUT2D eigenvalue weighted by atomic mass is 9.94. The van der Waals surface area contributed by atoms with Gasteiger partial charge in [-0.05, 0) is 75.4 Å². The Balaban J connectivity index is 1.46. The van der Waals surface area contributed by atoms with Gasteiger partial charge in [0.15, 0.2) is 0 Å². The normalized spacial score (nSPS) is 20.5. The molecule has 1 unspecified atom stereocenters. The molecule has 2 aromatic heterocycles. The summed E-state index contributed by atoms with van der Waals surface area (Å²) >= 11 is 0. The number of nitrogens with one attached hydrogen (secondary N) is 1. The first-order valence-corrected chi connectivity index (χ1v) is 10.2. The van der Waals surface area contributed by atoms with Crippen molar-refractivity contribution in [3.05, 3.63) is 63.5 Å². The summed E-state index contributed by atoms with van der Waals surface area (Å²) < 4.78 is 5.59. The first-order chi connectivity index (χ1) is 13.6. The maximum absolute atomic E-state index is 13.0. The van der Waals surface area contributed by atoms with Crippen molar-refractivity contribution in [2.75, 3.05) is 26.2 Å². The molecule has 2 aliphatic rings. The van der Waals surface area contributed by atoms with Gasteiger partial charge >= 0.3 is 5.63 Å². The number of carbonyl (C=O) groups excluding carboxylic acids is 1. The quantitative estimate of drug-likeness (QED) is 0.881. The molecule has 0 spiro atoms. The summed E-state index contributed by atoms with van der Waals surface area (Å²) in [7, 11) is 0. The van der Waals surface area contributed by atoms with E-state index in [1.165, 1.54) is 0 Å². The number of hydrogen-bond acceptors (Lipinski definition) is 5. The van der Waals surface area contributed by atoms with E-state index < -0.39 is 5.63 Å². The predicted molar refractivity (Wildman–Crippen MR) is 107 cm³/mol. The first-order valence-electron chi connectivity index (χ1n) is 10.2. The second-order valence-electron chi connectivity index (χ2n) is 7.95. The average molecular weight is 381 g/mol. The van der Waals surface area contributed by atoms with E-state index in [9.17, 15) is 9.59 Å². The Morgan fingerprint density at radius 1 is 1.29 bits per heavy atom. The van der Waals surface area contributed by atoms with Gasteiger partial charge < -0.3 is 14.6 Å². The van der Waals surface area contributed by atoms with Gasteiger partial charge in [-0.15, -0.1) is 0 Å². The van der Waals surface area contributed by atoms with Gasteiger partial charge in [0.1, 0.15) is 11.3 Å². The lowest BCUT2D eigenvalue weighted by Gasteiger charge is -2.22. The SMILES string of the molecule is Cc1cc(C2CCNCC2)oc(=O)c1C(=O)N1CCC(Cc2ccccn2)C1. The molecular formula is C22H27N3O3. The van der Waals surface area contributed by atoms with Crippen LogP contribution in [0.25, 0.3) is 0 Å². The largest absolute Gasteiger partial charge is 0.427 e. The summed E-state index contributed by atoms with van der Waals surface area (Å²) in [6.45, 7) is 5.03. The number of likely N-dealkylation sites (tertiary alicyclic amines) is 1. The van der Waals surface area contributed by atoms with Crippen LogP contribution < -0.4 is 10.9 Å². The molecule has 1 atom stereocenters. The van der Waals surface area contributed by atoms with Crippen molar-refractivity contribution in [3.8, 4) is 0 Å². The molecule has 0 saturated carbocycles. The molecule has 2 fully saturated rings. The molecule has 4 rings (SSSR count).